The highest BCUT2D eigenvalue weighted by Gasteiger charge is 2.65. The molecule has 2 N–H and O–H groups in total. The Bertz CT molecular complexity index is 401. The van der Waals surface area contributed by atoms with Crippen LogP contribution < -0.4 is 5.73 Å². The fourth-order valence-corrected chi connectivity index (χ4v) is 4.29. The molecule has 92 valence electrons. The first-order valence-corrected chi connectivity index (χ1v) is 6.90. The Balaban J connectivity index is 2.01. The zero-order valence-electron chi connectivity index (χ0n) is 10.9. The summed E-state index contributed by atoms with van der Waals surface area (Å²) in [5.41, 5.74) is 8.59. The van der Waals surface area contributed by atoms with Crippen molar-refractivity contribution in [2.24, 2.45) is 17.1 Å². The van der Waals surface area contributed by atoms with E-state index >= 15 is 0 Å². The first-order valence-electron chi connectivity index (χ1n) is 6.90. The average Bonchev–Trinajstić information content (AvgIpc) is 2.73. The number of nitrogens with two attached hydrogens (primary N) is 1. The minimum Gasteiger partial charge on any atom is -0.327 e. The van der Waals surface area contributed by atoms with Crippen LogP contribution in [-0.2, 0) is 5.41 Å². The summed E-state index contributed by atoms with van der Waals surface area (Å²) in [5.74, 6) is 0.680. The van der Waals surface area contributed by atoms with Crippen LogP contribution in [0, 0.1) is 11.3 Å². The maximum Gasteiger partial charge on any atom is 0.0136 e. The molecule has 0 saturated heterocycles. The molecule has 2 atom stereocenters. The summed E-state index contributed by atoms with van der Waals surface area (Å²) in [6.45, 7) is 4.68. The summed E-state index contributed by atoms with van der Waals surface area (Å²) in [4.78, 5) is 0. The van der Waals surface area contributed by atoms with Gasteiger partial charge in [-0.2, -0.15) is 0 Å². The summed E-state index contributed by atoms with van der Waals surface area (Å²) in [7, 11) is 0. The largest absolute Gasteiger partial charge is 0.327 e. The number of benzene rings is 1. The lowest BCUT2D eigenvalue weighted by Crippen LogP contribution is -2.29. The van der Waals surface area contributed by atoms with Crippen LogP contribution in [0.4, 0.5) is 0 Å². The van der Waals surface area contributed by atoms with Gasteiger partial charge in [0, 0.05) is 11.5 Å². The van der Waals surface area contributed by atoms with Gasteiger partial charge in [-0.25, -0.2) is 0 Å². The molecule has 0 bridgehead atoms. The second-order valence-corrected chi connectivity index (χ2v) is 6.55. The molecule has 17 heavy (non-hydrogen) atoms. The lowest BCUT2D eigenvalue weighted by molar-refractivity contribution is 0.327. The average molecular weight is 229 g/mol. The van der Waals surface area contributed by atoms with Crippen molar-refractivity contribution >= 4 is 0 Å². The first-order chi connectivity index (χ1) is 8.09. The van der Waals surface area contributed by atoms with E-state index < -0.39 is 0 Å². The molecule has 0 heterocycles. The van der Waals surface area contributed by atoms with Gasteiger partial charge in [0.05, 0.1) is 0 Å². The van der Waals surface area contributed by atoms with E-state index in [1.807, 2.05) is 0 Å². The normalized spacial score (nSPS) is 33.6. The van der Waals surface area contributed by atoms with Crippen molar-refractivity contribution < 1.29 is 0 Å². The fraction of sp³-hybridized carbons (Fsp3) is 0.625. The van der Waals surface area contributed by atoms with E-state index in [0.29, 0.717) is 22.8 Å². The number of rotatable bonds is 2. The third-order valence-electron chi connectivity index (χ3n) is 5.35. The monoisotopic (exact) mass is 229 g/mol. The van der Waals surface area contributed by atoms with Gasteiger partial charge in [0.2, 0.25) is 0 Å². The molecule has 1 aromatic rings. The highest BCUT2D eigenvalue weighted by Crippen LogP contribution is 2.64. The molecule has 0 aliphatic heterocycles. The van der Waals surface area contributed by atoms with Crippen molar-refractivity contribution in [3.05, 3.63) is 35.9 Å². The van der Waals surface area contributed by atoms with Crippen molar-refractivity contribution in [3.63, 3.8) is 0 Å². The fourth-order valence-electron chi connectivity index (χ4n) is 4.29. The molecule has 0 spiro atoms. The molecule has 1 heteroatoms. The van der Waals surface area contributed by atoms with E-state index in [0.717, 1.165) is 0 Å². The van der Waals surface area contributed by atoms with Crippen LogP contribution >= 0.6 is 0 Å². The molecular formula is C16H23N. The van der Waals surface area contributed by atoms with Crippen molar-refractivity contribution in [2.45, 2.75) is 51.0 Å². The van der Waals surface area contributed by atoms with Crippen LogP contribution in [-0.4, -0.2) is 6.04 Å². The molecule has 2 unspecified atom stereocenters. The SMILES string of the molecule is CC1(C)C(N)C1C1(c2ccccc2)CCCC1. The second kappa shape index (κ2) is 3.58. The smallest absolute Gasteiger partial charge is 0.0136 e. The van der Waals surface area contributed by atoms with Gasteiger partial charge < -0.3 is 5.73 Å². The number of hydrogen-bond acceptors (Lipinski definition) is 1. The molecule has 0 radical (unpaired) electrons. The van der Waals surface area contributed by atoms with Crippen LogP contribution in [0.1, 0.15) is 45.1 Å². The maximum atomic E-state index is 6.35. The van der Waals surface area contributed by atoms with E-state index in [9.17, 15) is 0 Å². The van der Waals surface area contributed by atoms with Gasteiger partial charge in [-0.1, -0.05) is 57.0 Å². The van der Waals surface area contributed by atoms with Gasteiger partial charge in [-0.15, -0.1) is 0 Å². The van der Waals surface area contributed by atoms with Crippen molar-refractivity contribution in [1.29, 1.82) is 0 Å². The molecular weight excluding hydrogens is 206 g/mol. The zero-order chi connectivity index (χ0) is 12.1. The van der Waals surface area contributed by atoms with E-state index in [1.165, 1.54) is 31.2 Å². The molecule has 0 amide bonds. The van der Waals surface area contributed by atoms with E-state index in [4.69, 9.17) is 5.73 Å². The topological polar surface area (TPSA) is 26.0 Å². The third-order valence-corrected chi connectivity index (χ3v) is 5.35. The highest BCUT2D eigenvalue weighted by molar-refractivity contribution is 5.34. The molecule has 2 saturated carbocycles. The summed E-state index contributed by atoms with van der Waals surface area (Å²) in [6.07, 6.45) is 5.40. The third kappa shape index (κ3) is 1.48. The van der Waals surface area contributed by atoms with Gasteiger partial charge in [0.15, 0.2) is 0 Å². The minimum absolute atomic E-state index is 0.334. The molecule has 1 aromatic carbocycles. The minimum atomic E-state index is 0.334. The molecule has 2 fully saturated rings. The van der Waals surface area contributed by atoms with Crippen LogP contribution in [0.5, 0.6) is 0 Å². The zero-order valence-corrected chi connectivity index (χ0v) is 10.9. The summed E-state index contributed by atoms with van der Waals surface area (Å²) in [5, 5.41) is 0. The predicted octanol–water partition coefficient (Wildman–Crippen LogP) is 3.48. The highest BCUT2D eigenvalue weighted by atomic mass is 14.9. The van der Waals surface area contributed by atoms with E-state index in [-0.39, 0.29) is 0 Å². The Labute approximate surface area is 104 Å². The van der Waals surface area contributed by atoms with Crippen molar-refractivity contribution in [2.75, 3.05) is 0 Å². The van der Waals surface area contributed by atoms with Crippen molar-refractivity contribution in [3.8, 4) is 0 Å². The summed E-state index contributed by atoms with van der Waals surface area (Å²) >= 11 is 0. The van der Waals surface area contributed by atoms with E-state index in [2.05, 4.69) is 44.2 Å². The molecule has 2 aliphatic rings. The van der Waals surface area contributed by atoms with E-state index in [1.54, 1.807) is 0 Å². The molecule has 0 aromatic heterocycles. The van der Waals surface area contributed by atoms with Gasteiger partial charge in [-0.3, -0.25) is 0 Å². The summed E-state index contributed by atoms with van der Waals surface area (Å²) in [6, 6.07) is 11.5. The summed E-state index contributed by atoms with van der Waals surface area (Å²) < 4.78 is 0. The Morgan fingerprint density at radius 3 is 2.06 bits per heavy atom. The Morgan fingerprint density at radius 2 is 1.59 bits per heavy atom. The molecule has 2 aliphatic carbocycles. The van der Waals surface area contributed by atoms with Crippen molar-refractivity contribution in [1.82, 2.24) is 0 Å². The number of hydrogen-bond donors (Lipinski definition) is 1. The Morgan fingerprint density at radius 1 is 1.06 bits per heavy atom. The Kier molecular flexibility index (Phi) is 2.38. The molecule has 1 nitrogen and oxygen atoms in total. The lowest BCUT2D eigenvalue weighted by atomic mass is 9.72. The Hall–Kier alpha value is -0.820. The van der Waals surface area contributed by atoms with Crippen LogP contribution in [0.3, 0.4) is 0 Å². The van der Waals surface area contributed by atoms with Gasteiger partial charge in [0.1, 0.15) is 0 Å². The van der Waals surface area contributed by atoms with Gasteiger partial charge in [-0.05, 0) is 29.7 Å². The maximum absolute atomic E-state index is 6.35. The lowest BCUT2D eigenvalue weighted by Gasteiger charge is -2.31. The van der Waals surface area contributed by atoms with Crippen LogP contribution in [0.25, 0.3) is 0 Å². The second-order valence-electron chi connectivity index (χ2n) is 6.55. The first kappa shape index (κ1) is 11.3. The quantitative estimate of drug-likeness (QED) is 0.825. The molecule has 3 rings (SSSR count). The van der Waals surface area contributed by atoms with Crippen LogP contribution in [0.15, 0.2) is 30.3 Å². The van der Waals surface area contributed by atoms with Gasteiger partial charge in [0.25, 0.3) is 0 Å². The van der Waals surface area contributed by atoms with Gasteiger partial charge >= 0.3 is 0 Å². The standard InChI is InChI=1S/C16H23N/c1-15(2)13(14(15)17)16(10-6-7-11-16)12-8-4-3-5-9-12/h3-5,8-9,13-14H,6-7,10-11,17H2,1-2H3. The van der Waals surface area contributed by atoms with Crippen LogP contribution in [0.2, 0.25) is 0 Å². The predicted molar refractivity (Wildman–Crippen MR) is 71.8 cm³/mol.